The molecular weight excluding hydrogens is 354 g/mol. The summed E-state index contributed by atoms with van der Waals surface area (Å²) in [5.74, 6) is -2.63. The number of nitrogens with zero attached hydrogens (tertiary/aromatic N) is 2. The van der Waals surface area contributed by atoms with Crippen LogP contribution in [0.3, 0.4) is 0 Å². The zero-order valence-corrected chi connectivity index (χ0v) is 14.3. The molecule has 27 heavy (non-hydrogen) atoms. The number of nitrogens with one attached hydrogen (secondary N) is 2. The Labute approximate surface area is 153 Å². The predicted molar refractivity (Wildman–Crippen MR) is 96.3 cm³/mol. The van der Waals surface area contributed by atoms with E-state index in [-0.39, 0.29) is 11.5 Å². The van der Waals surface area contributed by atoms with E-state index in [1.807, 2.05) is 0 Å². The first-order valence-electron chi connectivity index (χ1n) is 8.10. The number of carbonyl (C=O) groups excluding carboxylic acids is 2. The van der Waals surface area contributed by atoms with Gasteiger partial charge in [-0.15, -0.1) is 0 Å². The van der Waals surface area contributed by atoms with Gasteiger partial charge >= 0.3 is 0 Å². The molecule has 1 unspecified atom stereocenters. The first-order chi connectivity index (χ1) is 12.9. The van der Waals surface area contributed by atoms with Gasteiger partial charge in [-0.25, -0.2) is 8.78 Å². The second-order valence-corrected chi connectivity index (χ2v) is 5.84. The van der Waals surface area contributed by atoms with Gasteiger partial charge in [-0.05, 0) is 43.3 Å². The fraction of sp³-hybridized carbons (Fsp3) is 0.105. The molecule has 1 atom stereocenters. The summed E-state index contributed by atoms with van der Waals surface area (Å²) in [6.07, 6.45) is 3.26. The maximum atomic E-state index is 13.3. The van der Waals surface area contributed by atoms with Crippen LogP contribution in [0, 0.1) is 11.6 Å². The Morgan fingerprint density at radius 3 is 2.30 bits per heavy atom. The van der Waals surface area contributed by atoms with Gasteiger partial charge in [0.25, 0.3) is 5.91 Å². The maximum absolute atomic E-state index is 13.3. The van der Waals surface area contributed by atoms with Crippen LogP contribution in [0.15, 0.2) is 60.9 Å². The molecule has 6 nitrogen and oxygen atoms in total. The molecule has 0 aliphatic carbocycles. The van der Waals surface area contributed by atoms with Gasteiger partial charge in [-0.1, -0.05) is 6.07 Å². The number of anilines is 2. The van der Waals surface area contributed by atoms with Crippen molar-refractivity contribution in [1.29, 1.82) is 0 Å². The van der Waals surface area contributed by atoms with Gasteiger partial charge in [0.1, 0.15) is 17.7 Å². The van der Waals surface area contributed by atoms with Gasteiger partial charge in [-0.3, -0.25) is 14.3 Å². The quantitative estimate of drug-likeness (QED) is 0.720. The summed E-state index contributed by atoms with van der Waals surface area (Å²) in [4.78, 5) is 24.5. The smallest absolute Gasteiger partial charge is 0.255 e. The van der Waals surface area contributed by atoms with E-state index < -0.39 is 23.6 Å². The Kier molecular flexibility index (Phi) is 5.25. The van der Waals surface area contributed by atoms with Crippen molar-refractivity contribution in [2.24, 2.45) is 0 Å². The minimum absolute atomic E-state index is 0.144. The highest BCUT2D eigenvalue weighted by atomic mass is 19.1. The molecular formula is C19H16F2N4O2. The second-order valence-electron chi connectivity index (χ2n) is 5.84. The molecule has 0 spiro atoms. The van der Waals surface area contributed by atoms with Crippen LogP contribution < -0.4 is 10.6 Å². The molecule has 3 aromatic rings. The molecule has 138 valence electrons. The van der Waals surface area contributed by atoms with E-state index in [2.05, 4.69) is 15.7 Å². The second kappa shape index (κ2) is 7.77. The number of aromatic nitrogens is 2. The third kappa shape index (κ3) is 4.55. The van der Waals surface area contributed by atoms with Gasteiger partial charge in [-0.2, -0.15) is 5.10 Å². The van der Waals surface area contributed by atoms with Crippen molar-refractivity contribution in [3.8, 4) is 0 Å². The lowest BCUT2D eigenvalue weighted by Crippen LogP contribution is -2.24. The van der Waals surface area contributed by atoms with Gasteiger partial charge in [0.2, 0.25) is 5.91 Å². The molecule has 2 amide bonds. The summed E-state index contributed by atoms with van der Waals surface area (Å²) < 4.78 is 28.0. The van der Waals surface area contributed by atoms with Crippen molar-refractivity contribution >= 4 is 23.2 Å². The van der Waals surface area contributed by atoms with Crippen LogP contribution in [0.4, 0.5) is 20.2 Å². The van der Waals surface area contributed by atoms with Crippen LogP contribution in [0.2, 0.25) is 0 Å². The predicted octanol–water partition coefficient (Wildman–Crippen LogP) is 3.61. The summed E-state index contributed by atoms with van der Waals surface area (Å²) in [6, 6.07) is 10.2. The number of rotatable bonds is 5. The number of benzene rings is 2. The largest absolute Gasteiger partial charge is 0.324 e. The highest BCUT2D eigenvalue weighted by Gasteiger charge is 2.15. The standard InChI is InChI=1S/C19H16F2N4O2/c1-12(25-7-3-6-22-25)18(26)23-16-4-2-5-17(11-16)24-19(27)13-8-14(20)10-15(21)9-13/h2-12H,1H3,(H,23,26)(H,24,27). The number of amides is 2. The molecule has 2 aromatic carbocycles. The third-order valence-electron chi connectivity index (χ3n) is 3.81. The van der Waals surface area contributed by atoms with Gasteiger partial charge in [0.15, 0.2) is 0 Å². The number of carbonyl (C=O) groups is 2. The topological polar surface area (TPSA) is 76.0 Å². The molecule has 0 fully saturated rings. The summed E-state index contributed by atoms with van der Waals surface area (Å²) in [5, 5.41) is 9.29. The third-order valence-corrected chi connectivity index (χ3v) is 3.81. The Morgan fingerprint density at radius 2 is 1.67 bits per heavy atom. The molecule has 0 bridgehead atoms. The van der Waals surface area contributed by atoms with Crippen molar-refractivity contribution in [2.45, 2.75) is 13.0 Å². The Bertz CT molecular complexity index is 953. The van der Waals surface area contributed by atoms with Crippen molar-refractivity contribution in [3.05, 3.63) is 78.1 Å². The average molecular weight is 370 g/mol. The SMILES string of the molecule is CC(C(=O)Nc1cccc(NC(=O)c2cc(F)cc(F)c2)c1)n1cccn1. The van der Waals surface area contributed by atoms with E-state index >= 15 is 0 Å². The Balaban J connectivity index is 1.70. The van der Waals surface area contributed by atoms with Crippen molar-refractivity contribution in [2.75, 3.05) is 10.6 Å². The van der Waals surface area contributed by atoms with E-state index in [0.717, 1.165) is 12.1 Å². The summed E-state index contributed by atoms with van der Waals surface area (Å²) in [6.45, 7) is 1.70. The highest BCUT2D eigenvalue weighted by molar-refractivity contribution is 6.04. The molecule has 0 saturated heterocycles. The van der Waals surface area contributed by atoms with Crippen LogP contribution >= 0.6 is 0 Å². The first kappa shape index (κ1) is 18.2. The van der Waals surface area contributed by atoms with E-state index in [1.54, 1.807) is 49.6 Å². The lowest BCUT2D eigenvalue weighted by molar-refractivity contribution is -0.119. The van der Waals surface area contributed by atoms with Crippen LogP contribution in [-0.2, 0) is 4.79 Å². The molecule has 8 heteroatoms. The lowest BCUT2D eigenvalue weighted by atomic mass is 10.2. The molecule has 3 rings (SSSR count). The van der Waals surface area contributed by atoms with Gasteiger partial charge in [0.05, 0.1) is 0 Å². The highest BCUT2D eigenvalue weighted by Crippen LogP contribution is 2.18. The van der Waals surface area contributed by atoms with Gasteiger partial charge < -0.3 is 10.6 Å². The van der Waals surface area contributed by atoms with Crippen molar-refractivity contribution in [1.82, 2.24) is 9.78 Å². The van der Waals surface area contributed by atoms with Crippen LogP contribution in [0.25, 0.3) is 0 Å². The van der Waals surface area contributed by atoms with Crippen molar-refractivity contribution < 1.29 is 18.4 Å². The minimum Gasteiger partial charge on any atom is -0.324 e. The number of hydrogen-bond acceptors (Lipinski definition) is 3. The average Bonchev–Trinajstić information content (AvgIpc) is 3.15. The van der Waals surface area contributed by atoms with Crippen molar-refractivity contribution in [3.63, 3.8) is 0 Å². The molecule has 0 aliphatic rings. The molecule has 1 aromatic heterocycles. The molecule has 1 heterocycles. The maximum Gasteiger partial charge on any atom is 0.255 e. The molecule has 0 saturated carbocycles. The van der Waals surface area contributed by atoms with Crippen LogP contribution in [0.5, 0.6) is 0 Å². The summed E-state index contributed by atoms with van der Waals surface area (Å²) in [5.41, 5.74) is 0.686. The fourth-order valence-electron chi connectivity index (χ4n) is 2.44. The zero-order chi connectivity index (χ0) is 19.4. The fourth-order valence-corrected chi connectivity index (χ4v) is 2.44. The van der Waals surface area contributed by atoms with Crippen LogP contribution in [-0.4, -0.2) is 21.6 Å². The van der Waals surface area contributed by atoms with E-state index in [9.17, 15) is 18.4 Å². The Hall–Kier alpha value is -3.55. The lowest BCUT2D eigenvalue weighted by Gasteiger charge is -2.13. The summed E-state index contributed by atoms with van der Waals surface area (Å²) >= 11 is 0. The van der Waals surface area contributed by atoms with E-state index in [0.29, 0.717) is 17.4 Å². The molecule has 0 aliphatic heterocycles. The number of halogens is 2. The normalized spacial score (nSPS) is 11.7. The Morgan fingerprint density at radius 1 is 1.00 bits per heavy atom. The van der Waals surface area contributed by atoms with E-state index in [4.69, 9.17) is 0 Å². The molecule has 2 N–H and O–H groups in total. The monoisotopic (exact) mass is 370 g/mol. The number of hydrogen-bond donors (Lipinski definition) is 2. The van der Waals surface area contributed by atoms with Gasteiger partial charge in [0, 0.05) is 35.4 Å². The van der Waals surface area contributed by atoms with Crippen LogP contribution in [0.1, 0.15) is 23.3 Å². The summed E-state index contributed by atoms with van der Waals surface area (Å²) in [7, 11) is 0. The van der Waals surface area contributed by atoms with E-state index in [1.165, 1.54) is 4.68 Å². The molecule has 0 radical (unpaired) electrons. The minimum atomic E-state index is -0.839. The zero-order valence-electron chi connectivity index (χ0n) is 14.3. The first-order valence-corrected chi connectivity index (χ1v) is 8.10.